The van der Waals surface area contributed by atoms with Gasteiger partial charge >= 0.3 is 0 Å². The number of rotatable bonds is 7. The molecule has 2 amide bonds. The topological polar surface area (TPSA) is 40.6 Å². The van der Waals surface area contributed by atoms with Gasteiger partial charge in [0.1, 0.15) is 6.54 Å². The van der Waals surface area contributed by atoms with Gasteiger partial charge in [-0.2, -0.15) is 0 Å². The molecular weight excluding hydrogens is 336 g/mol. The van der Waals surface area contributed by atoms with E-state index in [1.807, 2.05) is 74.2 Å². The number of carbonyl (C=O) groups excluding carboxylic acids is 2. The van der Waals surface area contributed by atoms with E-state index in [0.717, 1.165) is 28.8 Å². The minimum Gasteiger partial charge on any atom is -0.334 e. The SMILES string of the molecule is CCc1cccc(C)c1N(CC(=O)N(Cc1ccccc1)C(C)C)C(C)=O. The molecule has 0 aliphatic heterocycles. The van der Waals surface area contributed by atoms with Crippen LogP contribution in [0.25, 0.3) is 0 Å². The fourth-order valence-electron chi connectivity index (χ4n) is 3.30. The van der Waals surface area contributed by atoms with E-state index in [9.17, 15) is 9.59 Å². The second kappa shape index (κ2) is 9.36. The second-order valence-corrected chi connectivity index (χ2v) is 7.14. The third-order valence-electron chi connectivity index (χ3n) is 4.79. The zero-order valence-electron chi connectivity index (χ0n) is 17.0. The Hall–Kier alpha value is -2.62. The quantitative estimate of drug-likeness (QED) is 0.731. The molecule has 0 radical (unpaired) electrons. The number of hydrogen-bond donors (Lipinski definition) is 0. The molecule has 0 aliphatic carbocycles. The van der Waals surface area contributed by atoms with Crippen LogP contribution in [-0.4, -0.2) is 29.3 Å². The molecule has 2 aromatic carbocycles. The molecule has 0 heterocycles. The summed E-state index contributed by atoms with van der Waals surface area (Å²) in [5.74, 6) is -0.162. The Morgan fingerprint density at radius 3 is 2.22 bits per heavy atom. The number of hydrogen-bond acceptors (Lipinski definition) is 2. The molecule has 0 N–H and O–H groups in total. The van der Waals surface area contributed by atoms with Gasteiger partial charge < -0.3 is 9.80 Å². The molecule has 0 saturated carbocycles. The molecule has 4 heteroatoms. The van der Waals surface area contributed by atoms with Crippen molar-refractivity contribution in [2.24, 2.45) is 0 Å². The van der Waals surface area contributed by atoms with E-state index < -0.39 is 0 Å². The molecular formula is C23H30N2O2. The van der Waals surface area contributed by atoms with Crippen LogP contribution in [-0.2, 0) is 22.6 Å². The van der Waals surface area contributed by atoms with Gasteiger partial charge in [0.25, 0.3) is 0 Å². The fraction of sp³-hybridized carbons (Fsp3) is 0.391. The zero-order chi connectivity index (χ0) is 20.0. The highest BCUT2D eigenvalue weighted by Crippen LogP contribution is 2.26. The van der Waals surface area contributed by atoms with Gasteiger partial charge in [-0.1, -0.05) is 55.5 Å². The number of carbonyl (C=O) groups is 2. The first kappa shape index (κ1) is 20.7. The van der Waals surface area contributed by atoms with Gasteiger partial charge in [0.05, 0.1) is 5.69 Å². The lowest BCUT2D eigenvalue weighted by atomic mass is 10.0. The third-order valence-corrected chi connectivity index (χ3v) is 4.79. The maximum absolute atomic E-state index is 13.1. The molecule has 27 heavy (non-hydrogen) atoms. The number of anilines is 1. The Kier molecular flexibility index (Phi) is 7.17. The number of amides is 2. The maximum Gasteiger partial charge on any atom is 0.243 e. The highest BCUT2D eigenvalue weighted by molar-refractivity contribution is 5.98. The summed E-state index contributed by atoms with van der Waals surface area (Å²) in [4.78, 5) is 29.0. The Balaban J connectivity index is 2.29. The van der Waals surface area contributed by atoms with Crippen molar-refractivity contribution in [1.82, 2.24) is 4.90 Å². The van der Waals surface area contributed by atoms with Crippen LogP contribution in [0.3, 0.4) is 0 Å². The average molecular weight is 367 g/mol. The molecule has 0 spiro atoms. The molecule has 0 atom stereocenters. The smallest absolute Gasteiger partial charge is 0.243 e. The lowest BCUT2D eigenvalue weighted by Crippen LogP contribution is -2.45. The van der Waals surface area contributed by atoms with Crippen LogP contribution in [0.5, 0.6) is 0 Å². The van der Waals surface area contributed by atoms with Gasteiger partial charge in [-0.3, -0.25) is 9.59 Å². The number of nitrogens with zero attached hydrogens (tertiary/aromatic N) is 2. The van der Waals surface area contributed by atoms with Crippen LogP contribution >= 0.6 is 0 Å². The predicted molar refractivity (Wildman–Crippen MR) is 111 cm³/mol. The van der Waals surface area contributed by atoms with E-state index in [1.54, 1.807) is 4.90 Å². The summed E-state index contributed by atoms with van der Waals surface area (Å²) >= 11 is 0. The predicted octanol–water partition coefficient (Wildman–Crippen LogP) is 4.35. The molecule has 4 nitrogen and oxygen atoms in total. The van der Waals surface area contributed by atoms with E-state index in [4.69, 9.17) is 0 Å². The average Bonchev–Trinajstić information content (AvgIpc) is 2.64. The zero-order valence-corrected chi connectivity index (χ0v) is 17.0. The molecule has 0 aliphatic rings. The van der Waals surface area contributed by atoms with E-state index in [2.05, 4.69) is 6.92 Å². The van der Waals surface area contributed by atoms with Crippen molar-refractivity contribution in [2.45, 2.75) is 53.6 Å². The van der Waals surface area contributed by atoms with Gasteiger partial charge in [-0.15, -0.1) is 0 Å². The van der Waals surface area contributed by atoms with Gasteiger partial charge in [0.15, 0.2) is 0 Å². The molecule has 0 aromatic heterocycles. The fourth-order valence-corrected chi connectivity index (χ4v) is 3.30. The normalized spacial score (nSPS) is 10.7. The van der Waals surface area contributed by atoms with Crippen LogP contribution < -0.4 is 4.90 Å². The minimum atomic E-state index is -0.115. The lowest BCUT2D eigenvalue weighted by Gasteiger charge is -2.31. The maximum atomic E-state index is 13.1. The Labute approximate surface area is 162 Å². The van der Waals surface area contributed by atoms with Gasteiger partial charge in [-0.25, -0.2) is 0 Å². The molecule has 144 valence electrons. The van der Waals surface area contributed by atoms with Gasteiger partial charge in [0, 0.05) is 19.5 Å². The highest BCUT2D eigenvalue weighted by atomic mass is 16.2. The summed E-state index contributed by atoms with van der Waals surface area (Å²) < 4.78 is 0. The van der Waals surface area contributed by atoms with Crippen molar-refractivity contribution in [3.63, 3.8) is 0 Å². The molecule has 0 unspecified atom stereocenters. The first-order valence-corrected chi connectivity index (χ1v) is 9.55. The Bertz CT molecular complexity index is 784. The first-order chi connectivity index (χ1) is 12.8. The second-order valence-electron chi connectivity index (χ2n) is 7.14. The van der Waals surface area contributed by atoms with Crippen molar-refractivity contribution >= 4 is 17.5 Å². The number of para-hydroxylation sites is 1. The van der Waals surface area contributed by atoms with Crippen molar-refractivity contribution in [2.75, 3.05) is 11.4 Å². The van der Waals surface area contributed by atoms with E-state index in [-0.39, 0.29) is 24.4 Å². The van der Waals surface area contributed by atoms with Crippen LogP contribution in [0.4, 0.5) is 5.69 Å². The highest BCUT2D eigenvalue weighted by Gasteiger charge is 2.24. The van der Waals surface area contributed by atoms with E-state index >= 15 is 0 Å². The number of benzene rings is 2. The van der Waals surface area contributed by atoms with Crippen molar-refractivity contribution in [1.29, 1.82) is 0 Å². The van der Waals surface area contributed by atoms with Gasteiger partial charge in [0.2, 0.25) is 11.8 Å². The standard InChI is InChI=1S/C23H30N2O2/c1-6-21-14-10-11-18(4)23(21)25(19(5)26)16-22(27)24(17(2)3)15-20-12-8-7-9-13-20/h7-14,17H,6,15-16H2,1-5H3. The summed E-state index contributed by atoms with van der Waals surface area (Å²) in [7, 11) is 0. The van der Waals surface area contributed by atoms with Crippen LogP contribution in [0.2, 0.25) is 0 Å². The summed E-state index contributed by atoms with van der Waals surface area (Å²) in [6.07, 6.45) is 0.812. The summed E-state index contributed by atoms with van der Waals surface area (Å²) in [5.41, 5.74) is 4.04. The van der Waals surface area contributed by atoms with Crippen molar-refractivity contribution < 1.29 is 9.59 Å². The van der Waals surface area contributed by atoms with Crippen LogP contribution in [0, 0.1) is 6.92 Å². The van der Waals surface area contributed by atoms with Gasteiger partial charge in [-0.05, 0) is 43.9 Å². The monoisotopic (exact) mass is 366 g/mol. The van der Waals surface area contributed by atoms with Crippen molar-refractivity contribution in [3.05, 3.63) is 65.2 Å². The summed E-state index contributed by atoms with van der Waals surface area (Å²) in [6.45, 7) is 10.2. The van der Waals surface area contributed by atoms with E-state index in [1.165, 1.54) is 6.92 Å². The largest absolute Gasteiger partial charge is 0.334 e. The lowest BCUT2D eigenvalue weighted by molar-refractivity contribution is -0.133. The van der Waals surface area contributed by atoms with Crippen molar-refractivity contribution in [3.8, 4) is 0 Å². The molecule has 2 aromatic rings. The molecule has 0 fully saturated rings. The minimum absolute atomic E-state index is 0.0469. The third kappa shape index (κ3) is 5.19. The summed E-state index contributed by atoms with van der Waals surface area (Å²) in [5, 5.41) is 0. The first-order valence-electron chi connectivity index (χ1n) is 9.55. The molecule has 2 rings (SSSR count). The Morgan fingerprint density at radius 2 is 1.67 bits per heavy atom. The van der Waals surface area contributed by atoms with E-state index in [0.29, 0.717) is 6.54 Å². The number of aryl methyl sites for hydroxylation is 2. The molecule has 0 bridgehead atoms. The summed E-state index contributed by atoms with van der Waals surface area (Å²) in [6, 6.07) is 16.0. The molecule has 0 saturated heterocycles. The van der Waals surface area contributed by atoms with Crippen LogP contribution in [0.15, 0.2) is 48.5 Å². The van der Waals surface area contributed by atoms with Crippen LogP contribution in [0.1, 0.15) is 44.4 Å². The Morgan fingerprint density at radius 1 is 1.00 bits per heavy atom.